The summed E-state index contributed by atoms with van der Waals surface area (Å²) < 4.78 is 24.2. The Morgan fingerprint density at radius 3 is 2.43 bits per heavy atom. The van der Waals surface area contributed by atoms with Crippen LogP contribution in [0.2, 0.25) is 0 Å². The molecule has 0 aliphatic heterocycles. The summed E-state index contributed by atoms with van der Waals surface area (Å²) in [6, 6.07) is 23.3. The number of nitrogens with zero attached hydrogens (tertiary/aromatic N) is 4. The number of hydroxylamine groups is 1. The highest BCUT2D eigenvalue weighted by atomic mass is 32.2. The molecule has 5 rings (SSSR count). The molecular weight excluding hydrogens is 558 g/mol. The number of hydrogen-bond acceptors (Lipinski definition) is 9. The standard InChI is InChI=1S/C29H27N7O5S/c1-19(18-42(30,39)40)29(38)41-35-28(37)23-14-22(16-31-17-23)26-33-27(32-15-20-8-4-2-5-9-20)25-24(12-13-36(25)34-26)21-10-6-3-7-11-21/h2-14,16-17,19H,15,18H2,1H3,(H,35,37)(H2,30,39,40)(H,32,33,34). The van der Waals surface area contributed by atoms with Crippen molar-refractivity contribution in [2.45, 2.75) is 13.5 Å². The molecule has 5 aromatic rings. The molecule has 42 heavy (non-hydrogen) atoms. The summed E-state index contributed by atoms with van der Waals surface area (Å²) in [5.74, 6) is -2.53. The van der Waals surface area contributed by atoms with Gasteiger partial charge in [-0.15, -0.1) is 5.10 Å². The van der Waals surface area contributed by atoms with Gasteiger partial charge in [0.25, 0.3) is 5.91 Å². The molecule has 0 spiro atoms. The van der Waals surface area contributed by atoms with Crippen molar-refractivity contribution in [3.8, 4) is 22.5 Å². The number of nitrogens with one attached hydrogen (secondary N) is 2. The van der Waals surface area contributed by atoms with E-state index in [2.05, 4.69) is 15.4 Å². The fraction of sp³-hybridized carbons (Fsp3) is 0.138. The third-order valence-electron chi connectivity index (χ3n) is 6.29. The van der Waals surface area contributed by atoms with E-state index in [4.69, 9.17) is 15.0 Å². The second-order valence-corrected chi connectivity index (χ2v) is 11.2. The van der Waals surface area contributed by atoms with Crippen molar-refractivity contribution >= 4 is 33.2 Å². The van der Waals surface area contributed by atoms with Gasteiger partial charge in [0.05, 0.1) is 17.2 Å². The highest BCUT2D eigenvalue weighted by molar-refractivity contribution is 7.89. The molecule has 1 unspecified atom stereocenters. The number of aromatic nitrogens is 4. The number of fused-ring (bicyclic) bond motifs is 1. The van der Waals surface area contributed by atoms with Gasteiger partial charge in [0.1, 0.15) is 5.52 Å². The lowest BCUT2D eigenvalue weighted by atomic mass is 10.1. The van der Waals surface area contributed by atoms with Crippen molar-refractivity contribution < 1.29 is 22.8 Å². The molecule has 0 aliphatic rings. The number of carbonyl (C=O) groups is 2. The first kappa shape index (κ1) is 28.4. The van der Waals surface area contributed by atoms with E-state index in [-0.39, 0.29) is 5.56 Å². The number of benzene rings is 2. The fourth-order valence-corrected chi connectivity index (χ4v) is 5.09. The first-order chi connectivity index (χ1) is 20.2. The van der Waals surface area contributed by atoms with Gasteiger partial charge in [-0.3, -0.25) is 9.78 Å². The quantitative estimate of drug-likeness (QED) is 0.220. The Bertz CT molecular complexity index is 1840. The maximum absolute atomic E-state index is 12.7. The monoisotopic (exact) mass is 585 g/mol. The molecule has 13 heteroatoms. The molecule has 12 nitrogen and oxygen atoms in total. The normalized spacial score (nSPS) is 12.0. The largest absolute Gasteiger partial charge is 0.364 e. The van der Waals surface area contributed by atoms with E-state index in [0.717, 1.165) is 22.2 Å². The zero-order chi connectivity index (χ0) is 29.7. The maximum Gasteiger partial charge on any atom is 0.336 e. The molecule has 0 bridgehead atoms. The Balaban J connectivity index is 1.43. The number of anilines is 1. The molecule has 0 radical (unpaired) electrons. The molecule has 3 heterocycles. The zero-order valence-electron chi connectivity index (χ0n) is 22.5. The van der Waals surface area contributed by atoms with Crippen molar-refractivity contribution in [3.63, 3.8) is 0 Å². The second-order valence-electron chi connectivity index (χ2n) is 9.56. The van der Waals surface area contributed by atoms with Crippen LogP contribution >= 0.6 is 0 Å². The predicted molar refractivity (Wildman–Crippen MR) is 156 cm³/mol. The number of carbonyl (C=O) groups excluding carboxylic acids is 2. The van der Waals surface area contributed by atoms with Crippen LogP contribution in [-0.4, -0.2) is 45.6 Å². The zero-order valence-corrected chi connectivity index (χ0v) is 23.3. The summed E-state index contributed by atoms with van der Waals surface area (Å²) in [7, 11) is -3.89. The topological polar surface area (TPSA) is 171 Å². The van der Waals surface area contributed by atoms with Crippen molar-refractivity contribution in [1.82, 2.24) is 25.1 Å². The first-order valence-corrected chi connectivity index (χ1v) is 14.6. The van der Waals surface area contributed by atoms with Gasteiger partial charge in [-0.25, -0.2) is 27.9 Å². The summed E-state index contributed by atoms with van der Waals surface area (Å²) in [5, 5.41) is 13.1. The van der Waals surface area contributed by atoms with Crippen molar-refractivity contribution in [3.05, 3.63) is 103 Å². The van der Waals surface area contributed by atoms with Crippen LogP contribution in [0.3, 0.4) is 0 Å². The SMILES string of the molecule is CC(CS(N)(=O)=O)C(=O)ONC(=O)c1cncc(-c2nc(NCc3ccccc3)c3c(-c4ccccc4)ccn3n2)c1. The highest BCUT2D eigenvalue weighted by Gasteiger charge is 2.22. The summed E-state index contributed by atoms with van der Waals surface area (Å²) in [6.45, 7) is 1.84. The van der Waals surface area contributed by atoms with E-state index in [0.29, 0.717) is 23.8 Å². The lowest BCUT2D eigenvalue weighted by molar-refractivity contribution is -0.152. The number of amides is 1. The molecule has 214 valence electrons. The van der Waals surface area contributed by atoms with Crippen LogP contribution < -0.4 is 15.9 Å². The van der Waals surface area contributed by atoms with Crippen LogP contribution in [0, 0.1) is 5.92 Å². The second kappa shape index (κ2) is 12.2. The van der Waals surface area contributed by atoms with Gasteiger partial charge in [-0.05, 0) is 23.3 Å². The van der Waals surface area contributed by atoms with E-state index < -0.39 is 33.6 Å². The van der Waals surface area contributed by atoms with Crippen LogP contribution in [0.4, 0.5) is 5.82 Å². The van der Waals surface area contributed by atoms with Crippen LogP contribution in [0.25, 0.3) is 28.0 Å². The van der Waals surface area contributed by atoms with Gasteiger partial charge in [0.2, 0.25) is 10.0 Å². The average molecular weight is 586 g/mol. The fourth-order valence-electron chi connectivity index (χ4n) is 4.26. The minimum absolute atomic E-state index is 0.0689. The van der Waals surface area contributed by atoms with Gasteiger partial charge in [0.15, 0.2) is 11.6 Å². The minimum atomic E-state index is -3.89. The maximum atomic E-state index is 12.7. The number of nitrogens with two attached hydrogens (primary N) is 1. The Morgan fingerprint density at radius 2 is 1.71 bits per heavy atom. The molecule has 2 aromatic carbocycles. The number of primary sulfonamides is 1. The highest BCUT2D eigenvalue weighted by Crippen LogP contribution is 2.31. The van der Waals surface area contributed by atoms with Gasteiger partial charge in [-0.1, -0.05) is 67.6 Å². The van der Waals surface area contributed by atoms with Crippen molar-refractivity contribution in [2.75, 3.05) is 11.1 Å². The van der Waals surface area contributed by atoms with Crippen LogP contribution in [0.1, 0.15) is 22.8 Å². The Labute approximate surface area is 241 Å². The van der Waals surface area contributed by atoms with Gasteiger partial charge in [0, 0.05) is 36.3 Å². The molecule has 0 aliphatic carbocycles. The summed E-state index contributed by atoms with van der Waals surface area (Å²) in [5.41, 5.74) is 6.33. The minimum Gasteiger partial charge on any atom is -0.364 e. The third kappa shape index (κ3) is 6.77. The average Bonchev–Trinajstić information content (AvgIpc) is 3.43. The van der Waals surface area contributed by atoms with Gasteiger partial charge < -0.3 is 10.2 Å². The van der Waals surface area contributed by atoms with Crippen LogP contribution in [0.15, 0.2) is 91.4 Å². The summed E-state index contributed by atoms with van der Waals surface area (Å²) in [4.78, 5) is 38.5. The molecule has 0 fully saturated rings. The molecule has 4 N–H and O–H groups in total. The molecule has 1 amide bonds. The van der Waals surface area contributed by atoms with Crippen LogP contribution in [0.5, 0.6) is 0 Å². The summed E-state index contributed by atoms with van der Waals surface area (Å²) >= 11 is 0. The molecule has 1 atom stereocenters. The van der Waals surface area contributed by atoms with E-state index in [1.807, 2.05) is 78.4 Å². The number of pyridine rings is 1. The third-order valence-corrected chi connectivity index (χ3v) is 7.25. The molecule has 3 aromatic heterocycles. The lowest BCUT2D eigenvalue weighted by Gasteiger charge is -2.12. The smallest absolute Gasteiger partial charge is 0.336 e. The van der Waals surface area contributed by atoms with E-state index >= 15 is 0 Å². The lowest BCUT2D eigenvalue weighted by Crippen LogP contribution is -2.33. The Morgan fingerprint density at radius 1 is 1.00 bits per heavy atom. The molecule has 0 saturated carbocycles. The van der Waals surface area contributed by atoms with Crippen molar-refractivity contribution in [1.29, 1.82) is 0 Å². The first-order valence-electron chi connectivity index (χ1n) is 12.9. The van der Waals surface area contributed by atoms with E-state index in [1.165, 1.54) is 25.4 Å². The molecular formula is C29H27N7O5S. The molecule has 0 saturated heterocycles. The van der Waals surface area contributed by atoms with Crippen molar-refractivity contribution in [2.24, 2.45) is 11.1 Å². The predicted octanol–water partition coefficient (Wildman–Crippen LogP) is 3.18. The van der Waals surface area contributed by atoms with E-state index in [9.17, 15) is 18.0 Å². The Kier molecular flexibility index (Phi) is 8.22. The van der Waals surface area contributed by atoms with E-state index in [1.54, 1.807) is 4.52 Å². The summed E-state index contributed by atoms with van der Waals surface area (Å²) in [6.07, 6.45) is 4.64. The van der Waals surface area contributed by atoms with Crippen LogP contribution in [-0.2, 0) is 26.2 Å². The Hall–Kier alpha value is -5.14. The van der Waals surface area contributed by atoms with Gasteiger partial charge in [-0.2, -0.15) is 5.48 Å². The number of sulfonamides is 1. The number of rotatable bonds is 9. The van der Waals surface area contributed by atoms with Gasteiger partial charge >= 0.3 is 5.97 Å². The number of hydrogen-bond donors (Lipinski definition) is 3.